The van der Waals surface area contributed by atoms with Gasteiger partial charge in [-0.3, -0.25) is 9.69 Å². The van der Waals surface area contributed by atoms with Gasteiger partial charge < -0.3 is 4.74 Å². The van der Waals surface area contributed by atoms with Crippen LogP contribution in [-0.4, -0.2) is 19.2 Å². The van der Waals surface area contributed by atoms with Crippen LogP contribution in [0.4, 0.5) is 18.9 Å². The van der Waals surface area contributed by atoms with Crippen molar-refractivity contribution in [3.05, 3.63) is 72.3 Å². The molecule has 3 nitrogen and oxygen atoms in total. The minimum Gasteiger partial charge on any atom is -0.497 e. The topological polar surface area (TPSA) is 29.5 Å². The first-order chi connectivity index (χ1) is 11.8. The lowest BCUT2D eigenvalue weighted by molar-refractivity contribution is -0.170. The van der Waals surface area contributed by atoms with Crippen LogP contribution in [0.5, 0.6) is 5.75 Å². The molecule has 1 atom stereocenters. The monoisotopic (exact) mass is 349 g/mol. The number of nitrogens with zero attached hydrogens (tertiary/aromatic N) is 1. The van der Waals surface area contributed by atoms with Gasteiger partial charge in [-0.2, -0.15) is 13.2 Å². The molecule has 132 valence electrons. The van der Waals surface area contributed by atoms with Crippen LogP contribution < -0.4 is 9.64 Å². The van der Waals surface area contributed by atoms with Gasteiger partial charge in [0.05, 0.1) is 13.2 Å². The maximum Gasteiger partial charge on any atom is 0.471 e. The fraction of sp³-hybridized carbons (Fsp3) is 0.211. The smallest absolute Gasteiger partial charge is 0.471 e. The molecule has 0 radical (unpaired) electrons. The Kier molecular flexibility index (Phi) is 5.51. The van der Waals surface area contributed by atoms with Crippen LogP contribution in [0.1, 0.15) is 17.2 Å². The zero-order chi connectivity index (χ0) is 18.6. The number of halogens is 3. The zero-order valence-electron chi connectivity index (χ0n) is 13.9. The summed E-state index contributed by atoms with van der Waals surface area (Å²) in [6.07, 6.45) is -3.69. The highest BCUT2D eigenvalue weighted by atomic mass is 19.4. The average molecular weight is 349 g/mol. The Morgan fingerprint density at radius 3 is 2.12 bits per heavy atom. The number of hydrogen-bond acceptors (Lipinski definition) is 2. The second kappa shape index (κ2) is 7.42. The van der Waals surface area contributed by atoms with Crippen LogP contribution >= 0.6 is 0 Å². The standard InChI is InChI=1S/C19H18F3NO2/c1-4-17(14-7-5-13(2)6-8-14)23(18(24)19(20,21)22)15-9-11-16(25-3)12-10-15/h4-12,17H,1H2,2-3H3/t17-/m0/s1. The molecule has 1 amide bonds. The number of methoxy groups -OCH3 is 1. The number of aryl methyl sites for hydroxylation is 1. The molecular formula is C19H18F3NO2. The highest BCUT2D eigenvalue weighted by Gasteiger charge is 2.45. The fourth-order valence-electron chi connectivity index (χ4n) is 2.44. The average Bonchev–Trinajstić information content (AvgIpc) is 2.59. The molecule has 0 spiro atoms. The summed E-state index contributed by atoms with van der Waals surface area (Å²) in [7, 11) is 1.45. The Hall–Kier alpha value is -2.76. The van der Waals surface area contributed by atoms with Crippen molar-refractivity contribution in [2.75, 3.05) is 12.0 Å². The number of amides is 1. The van der Waals surface area contributed by atoms with E-state index in [4.69, 9.17) is 4.74 Å². The molecule has 0 N–H and O–H groups in total. The van der Waals surface area contributed by atoms with Crippen LogP contribution in [0, 0.1) is 6.92 Å². The minimum atomic E-state index is -5.01. The Morgan fingerprint density at radius 1 is 1.12 bits per heavy atom. The summed E-state index contributed by atoms with van der Waals surface area (Å²) >= 11 is 0. The number of hydrogen-bond donors (Lipinski definition) is 0. The first-order valence-electron chi connectivity index (χ1n) is 7.51. The van der Waals surface area contributed by atoms with E-state index in [-0.39, 0.29) is 5.69 Å². The molecule has 6 heteroatoms. The van der Waals surface area contributed by atoms with E-state index in [9.17, 15) is 18.0 Å². The second-order valence-corrected chi connectivity index (χ2v) is 5.46. The lowest BCUT2D eigenvalue weighted by atomic mass is 10.0. The molecule has 0 aromatic heterocycles. The van der Waals surface area contributed by atoms with Gasteiger partial charge in [-0.05, 0) is 36.8 Å². The van der Waals surface area contributed by atoms with Gasteiger partial charge in [-0.1, -0.05) is 35.9 Å². The fourth-order valence-corrected chi connectivity index (χ4v) is 2.44. The number of carbonyl (C=O) groups excluding carboxylic acids is 1. The zero-order valence-corrected chi connectivity index (χ0v) is 13.9. The van der Waals surface area contributed by atoms with Gasteiger partial charge in [0, 0.05) is 5.69 Å². The van der Waals surface area contributed by atoms with E-state index >= 15 is 0 Å². The van der Waals surface area contributed by atoms with E-state index in [0.717, 1.165) is 5.56 Å². The normalized spacial score (nSPS) is 12.4. The Balaban J connectivity index is 2.53. The molecule has 0 aliphatic heterocycles. The van der Waals surface area contributed by atoms with Crippen molar-refractivity contribution in [3.8, 4) is 5.75 Å². The highest BCUT2D eigenvalue weighted by Crippen LogP contribution is 2.33. The predicted molar refractivity (Wildman–Crippen MR) is 90.7 cm³/mol. The van der Waals surface area contributed by atoms with Crippen LogP contribution in [-0.2, 0) is 4.79 Å². The molecule has 25 heavy (non-hydrogen) atoms. The van der Waals surface area contributed by atoms with Crippen molar-refractivity contribution in [1.82, 2.24) is 0 Å². The first-order valence-corrected chi connectivity index (χ1v) is 7.51. The molecule has 0 aliphatic carbocycles. The second-order valence-electron chi connectivity index (χ2n) is 5.46. The Bertz CT molecular complexity index is 737. The summed E-state index contributed by atoms with van der Waals surface area (Å²) in [5.41, 5.74) is 1.60. The van der Waals surface area contributed by atoms with Crippen molar-refractivity contribution in [2.45, 2.75) is 19.1 Å². The van der Waals surface area contributed by atoms with E-state index < -0.39 is 18.1 Å². The molecule has 0 bridgehead atoms. The molecular weight excluding hydrogens is 331 g/mol. The third-order valence-corrected chi connectivity index (χ3v) is 3.73. The number of rotatable bonds is 5. The van der Waals surface area contributed by atoms with Gasteiger partial charge in [0.1, 0.15) is 5.75 Å². The third kappa shape index (κ3) is 4.21. The quantitative estimate of drug-likeness (QED) is 0.724. The predicted octanol–water partition coefficient (Wildman–Crippen LogP) is 4.83. The molecule has 2 rings (SSSR count). The van der Waals surface area contributed by atoms with Gasteiger partial charge >= 0.3 is 12.1 Å². The maximum atomic E-state index is 13.2. The van der Waals surface area contributed by atoms with Crippen molar-refractivity contribution >= 4 is 11.6 Å². The van der Waals surface area contributed by atoms with Gasteiger partial charge in [-0.25, -0.2) is 0 Å². The first kappa shape index (κ1) is 18.6. The minimum absolute atomic E-state index is 0.105. The third-order valence-electron chi connectivity index (χ3n) is 3.73. The van der Waals surface area contributed by atoms with Gasteiger partial charge in [0.2, 0.25) is 0 Å². The van der Waals surface area contributed by atoms with E-state index in [1.54, 1.807) is 24.3 Å². The van der Waals surface area contributed by atoms with E-state index in [0.29, 0.717) is 16.2 Å². The van der Waals surface area contributed by atoms with Crippen LogP contribution in [0.3, 0.4) is 0 Å². The van der Waals surface area contributed by atoms with Crippen LogP contribution in [0.25, 0.3) is 0 Å². The summed E-state index contributed by atoms with van der Waals surface area (Å²) < 4.78 is 44.5. The van der Waals surface area contributed by atoms with E-state index in [1.807, 2.05) is 6.92 Å². The van der Waals surface area contributed by atoms with Crippen molar-refractivity contribution < 1.29 is 22.7 Å². The van der Waals surface area contributed by atoms with Gasteiger partial charge in [0.25, 0.3) is 0 Å². The number of anilines is 1. The van der Waals surface area contributed by atoms with Crippen molar-refractivity contribution in [3.63, 3.8) is 0 Å². The molecule has 0 aliphatic rings. The van der Waals surface area contributed by atoms with E-state index in [1.165, 1.54) is 37.5 Å². The SMILES string of the molecule is C=C[C@@H](c1ccc(C)cc1)N(C(=O)C(F)(F)F)c1ccc(OC)cc1. The lowest BCUT2D eigenvalue weighted by Gasteiger charge is -2.31. The largest absolute Gasteiger partial charge is 0.497 e. The molecule has 0 saturated heterocycles. The molecule has 2 aromatic rings. The summed E-state index contributed by atoms with van der Waals surface area (Å²) in [4.78, 5) is 12.8. The molecule has 0 fully saturated rings. The Labute approximate surface area is 144 Å². The summed E-state index contributed by atoms with van der Waals surface area (Å²) in [5, 5.41) is 0. The summed E-state index contributed by atoms with van der Waals surface area (Å²) in [6, 6.07) is 11.8. The summed E-state index contributed by atoms with van der Waals surface area (Å²) in [6.45, 7) is 5.49. The van der Waals surface area contributed by atoms with E-state index in [2.05, 4.69) is 6.58 Å². The molecule has 0 heterocycles. The number of carbonyl (C=O) groups is 1. The van der Waals surface area contributed by atoms with Gasteiger partial charge in [-0.15, -0.1) is 6.58 Å². The molecule has 0 saturated carbocycles. The van der Waals surface area contributed by atoms with Gasteiger partial charge in [0.15, 0.2) is 0 Å². The van der Waals surface area contributed by atoms with Crippen LogP contribution in [0.15, 0.2) is 61.2 Å². The maximum absolute atomic E-state index is 13.2. The molecule has 2 aromatic carbocycles. The highest BCUT2D eigenvalue weighted by molar-refractivity contribution is 5.98. The van der Waals surface area contributed by atoms with Crippen LogP contribution in [0.2, 0.25) is 0 Å². The lowest BCUT2D eigenvalue weighted by Crippen LogP contribution is -2.43. The number of benzene rings is 2. The number of ether oxygens (including phenoxy) is 1. The van der Waals surface area contributed by atoms with Crippen molar-refractivity contribution in [2.24, 2.45) is 0 Å². The Morgan fingerprint density at radius 2 is 1.68 bits per heavy atom. The number of alkyl halides is 3. The van der Waals surface area contributed by atoms with Crippen molar-refractivity contribution in [1.29, 1.82) is 0 Å². The molecule has 0 unspecified atom stereocenters. The summed E-state index contributed by atoms with van der Waals surface area (Å²) in [5.74, 6) is -1.48.